The van der Waals surface area contributed by atoms with Crippen molar-refractivity contribution in [2.24, 2.45) is 0 Å². The second-order valence-electron chi connectivity index (χ2n) is 8.01. The highest BCUT2D eigenvalue weighted by Gasteiger charge is 2.48. The lowest BCUT2D eigenvalue weighted by atomic mass is 9.66. The minimum Gasteiger partial charge on any atom is -0.0837 e. The van der Waals surface area contributed by atoms with E-state index < -0.39 is 0 Å². The van der Waals surface area contributed by atoms with Crippen LogP contribution in [-0.4, -0.2) is 0 Å². The summed E-state index contributed by atoms with van der Waals surface area (Å²) in [6.45, 7) is 6.70. The molecule has 1 heteroatoms. The van der Waals surface area contributed by atoms with Crippen molar-refractivity contribution in [2.45, 2.75) is 26.2 Å². The van der Waals surface area contributed by atoms with E-state index in [1.807, 2.05) is 6.07 Å². The Morgan fingerprint density at radius 2 is 1.24 bits per heavy atom. The maximum atomic E-state index is 6.84. The molecule has 1 aliphatic rings. The molecule has 0 bridgehead atoms. The summed E-state index contributed by atoms with van der Waals surface area (Å²) < 4.78 is 0. The number of halogens is 1. The first-order valence-electron chi connectivity index (χ1n) is 10.1. The summed E-state index contributed by atoms with van der Waals surface area (Å²) in [6, 6.07) is 30.4. The monoisotopic (exact) mass is 394 g/mol. The zero-order valence-corrected chi connectivity index (χ0v) is 17.7. The Balaban J connectivity index is 2.06. The number of aryl methyl sites for hydroxylation is 1. The second kappa shape index (κ2) is 6.61. The molecular formula is C28H23Cl. The van der Waals surface area contributed by atoms with Gasteiger partial charge in [0.2, 0.25) is 0 Å². The first-order valence-corrected chi connectivity index (χ1v) is 10.5. The number of rotatable bonds is 2. The smallest absolute Gasteiger partial charge is 0.0716 e. The molecule has 0 unspecified atom stereocenters. The van der Waals surface area contributed by atoms with Crippen molar-refractivity contribution < 1.29 is 0 Å². The van der Waals surface area contributed by atoms with Crippen molar-refractivity contribution >= 4 is 11.6 Å². The largest absolute Gasteiger partial charge is 0.0837 e. The van der Waals surface area contributed by atoms with E-state index in [0.29, 0.717) is 0 Å². The number of fused-ring (bicyclic) bond motifs is 3. The molecule has 0 N–H and O–H groups in total. The van der Waals surface area contributed by atoms with E-state index in [-0.39, 0.29) is 5.41 Å². The lowest BCUT2D eigenvalue weighted by Crippen LogP contribution is -2.29. The summed E-state index contributed by atoms with van der Waals surface area (Å²) >= 11 is 6.84. The Morgan fingerprint density at radius 1 is 0.655 bits per heavy atom. The quantitative estimate of drug-likeness (QED) is 0.288. The van der Waals surface area contributed by atoms with Crippen molar-refractivity contribution in [3.8, 4) is 11.1 Å². The fraction of sp³-hybridized carbons (Fsp3) is 0.143. The van der Waals surface area contributed by atoms with Gasteiger partial charge in [0, 0.05) is 10.6 Å². The number of hydrogen-bond donors (Lipinski definition) is 0. The van der Waals surface area contributed by atoms with Crippen molar-refractivity contribution in [1.82, 2.24) is 0 Å². The van der Waals surface area contributed by atoms with Gasteiger partial charge in [0.1, 0.15) is 0 Å². The van der Waals surface area contributed by atoms with E-state index in [2.05, 4.69) is 99.6 Å². The van der Waals surface area contributed by atoms with E-state index in [1.54, 1.807) is 0 Å². The highest BCUT2D eigenvalue weighted by molar-refractivity contribution is 6.34. The first-order chi connectivity index (χ1) is 14.1. The molecule has 1 aliphatic carbocycles. The summed E-state index contributed by atoms with van der Waals surface area (Å²) in [6.07, 6.45) is 0. The zero-order valence-electron chi connectivity index (χ0n) is 17.0. The van der Waals surface area contributed by atoms with Crippen LogP contribution in [0, 0.1) is 20.8 Å². The summed E-state index contributed by atoms with van der Waals surface area (Å²) in [5.74, 6) is 0. The van der Waals surface area contributed by atoms with Crippen LogP contribution in [0.25, 0.3) is 11.1 Å². The highest BCUT2D eigenvalue weighted by atomic mass is 35.5. The molecule has 0 aromatic heterocycles. The molecule has 4 aromatic rings. The zero-order chi connectivity index (χ0) is 20.2. The van der Waals surface area contributed by atoms with Crippen LogP contribution in [0.1, 0.15) is 38.9 Å². The molecular weight excluding hydrogens is 372 g/mol. The van der Waals surface area contributed by atoms with Crippen LogP contribution in [0.15, 0.2) is 84.9 Å². The van der Waals surface area contributed by atoms with Crippen molar-refractivity contribution in [2.75, 3.05) is 0 Å². The summed E-state index contributed by atoms with van der Waals surface area (Å²) in [5, 5.41) is 0.820. The van der Waals surface area contributed by atoms with Gasteiger partial charge in [0.05, 0.1) is 5.41 Å². The molecule has 0 atom stereocenters. The van der Waals surface area contributed by atoms with Crippen LogP contribution in [0.5, 0.6) is 0 Å². The minimum absolute atomic E-state index is 0.374. The summed E-state index contributed by atoms with van der Waals surface area (Å²) in [5.41, 5.74) is 11.3. The van der Waals surface area contributed by atoms with Gasteiger partial charge < -0.3 is 0 Å². The molecule has 29 heavy (non-hydrogen) atoms. The molecule has 142 valence electrons. The van der Waals surface area contributed by atoms with Gasteiger partial charge in [0.15, 0.2) is 0 Å². The van der Waals surface area contributed by atoms with Gasteiger partial charge >= 0.3 is 0 Å². The van der Waals surface area contributed by atoms with Gasteiger partial charge in [-0.25, -0.2) is 0 Å². The maximum absolute atomic E-state index is 6.84. The molecule has 4 aromatic carbocycles. The van der Waals surface area contributed by atoms with Gasteiger partial charge in [-0.15, -0.1) is 0 Å². The third kappa shape index (κ3) is 2.39. The van der Waals surface area contributed by atoms with E-state index in [9.17, 15) is 0 Å². The average molecular weight is 395 g/mol. The van der Waals surface area contributed by atoms with Crippen molar-refractivity contribution in [3.63, 3.8) is 0 Å². The van der Waals surface area contributed by atoms with Gasteiger partial charge in [0.25, 0.3) is 0 Å². The molecule has 0 radical (unpaired) electrons. The van der Waals surface area contributed by atoms with E-state index in [0.717, 1.165) is 5.02 Å². The molecule has 0 saturated carbocycles. The average Bonchev–Trinajstić information content (AvgIpc) is 3.05. The SMILES string of the molecule is Cc1cc2c(c(C)c1C)C(c1ccccc1)(c1ccccc1)c1cccc(Cl)c1-2. The van der Waals surface area contributed by atoms with Crippen LogP contribution < -0.4 is 0 Å². The minimum atomic E-state index is -0.374. The Morgan fingerprint density at radius 3 is 1.83 bits per heavy atom. The lowest BCUT2D eigenvalue weighted by Gasteiger charge is -2.35. The second-order valence-corrected chi connectivity index (χ2v) is 8.42. The Hall–Kier alpha value is -2.83. The molecule has 0 saturated heterocycles. The first kappa shape index (κ1) is 18.2. The van der Waals surface area contributed by atoms with Gasteiger partial charge in [-0.2, -0.15) is 0 Å². The third-order valence-corrected chi connectivity index (χ3v) is 6.95. The Labute approximate surface area is 177 Å². The molecule has 5 rings (SSSR count). The Kier molecular flexibility index (Phi) is 4.15. The maximum Gasteiger partial charge on any atom is 0.0716 e. The van der Waals surface area contributed by atoms with E-state index in [4.69, 9.17) is 11.6 Å². The molecule has 0 amide bonds. The van der Waals surface area contributed by atoms with Crippen LogP contribution >= 0.6 is 11.6 Å². The summed E-state index contributed by atoms with van der Waals surface area (Å²) in [4.78, 5) is 0. The van der Waals surface area contributed by atoms with Crippen molar-refractivity contribution in [1.29, 1.82) is 0 Å². The van der Waals surface area contributed by atoms with Crippen LogP contribution in [0.2, 0.25) is 5.02 Å². The highest BCUT2D eigenvalue weighted by Crippen LogP contribution is 2.59. The third-order valence-electron chi connectivity index (χ3n) is 6.63. The number of hydrogen-bond acceptors (Lipinski definition) is 0. The lowest BCUT2D eigenvalue weighted by molar-refractivity contribution is 0.760. The van der Waals surface area contributed by atoms with E-state index in [1.165, 1.54) is 50.1 Å². The van der Waals surface area contributed by atoms with Crippen LogP contribution in [-0.2, 0) is 5.41 Å². The predicted molar refractivity (Wildman–Crippen MR) is 123 cm³/mol. The van der Waals surface area contributed by atoms with Gasteiger partial charge in [-0.05, 0) is 71.3 Å². The van der Waals surface area contributed by atoms with Crippen molar-refractivity contribution in [3.05, 3.63) is 129 Å². The molecule has 0 heterocycles. The topological polar surface area (TPSA) is 0 Å². The van der Waals surface area contributed by atoms with Crippen LogP contribution in [0.3, 0.4) is 0 Å². The van der Waals surface area contributed by atoms with Gasteiger partial charge in [-0.1, -0.05) is 90.5 Å². The van der Waals surface area contributed by atoms with Crippen LogP contribution in [0.4, 0.5) is 0 Å². The Bertz CT molecular complexity index is 1180. The molecule has 0 aliphatic heterocycles. The summed E-state index contributed by atoms with van der Waals surface area (Å²) in [7, 11) is 0. The molecule has 0 fully saturated rings. The fourth-order valence-corrected chi connectivity index (χ4v) is 5.43. The number of benzene rings is 4. The molecule has 0 nitrogen and oxygen atoms in total. The predicted octanol–water partition coefficient (Wildman–Crippen LogP) is 7.63. The van der Waals surface area contributed by atoms with E-state index >= 15 is 0 Å². The normalized spacial score (nSPS) is 13.8. The standard InChI is InChI=1S/C28H23Cl/c1-18-17-23-26-24(15-10-16-25(26)29)28(21-11-6-4-7-12-21,22-13-8-5-9-14-22)27(23)20(3)19(18)2/h4-17H,1-3H3. The molecule has 0 spiro atoms. The van der Waals surface area contributed by atoms with Gasteiger partial charge in [-0.3, -0.25) is 0 Å². The fourth-order valence-electron chi connectivity index (χ4n) is 5.15.